The van der Waals surface area contributed by atoms with Crippen molar-refractivity contribution in [2.24, 2.45) is 0 Å². The largest absolute Gasteiger partial charge is 0.361 e. The van der Waals surface area contributed by atoms with E-state index in [1.165, 1.54) is 29.5 Å². The lowest BCUT2D eigenvalue weighted by Gasteiger charge is -2.09. The molecule has 1 aliphatic rings. The number of aromatic nitrogens is 1. The number of thioether (sulfide) groups is 1. The van der Waals surface area contributed by atoms with E-state index >= 15 is 0 Å². The fraction of sp³-hybridized carbons (Fsp3) is 0.429. The predicted molar refractivity (Wildman–Crippen MR) is 80.5 cm³/mol. The van der Waals surface area contributed by atoms with E-state index in [9.17, 15) is 0 Å². The number of hydrogen-bond acceptors (Lipinski definition) is 2. The van der Waals surface area contributed by atoms with E-state index in [0.717, 1.165) is 28.9 Å². The van der Waals surface area contributed by atoms with Gasteiger partial charge in [-0.1, -0.05) is 17.7 Å². The SMILES string of the molecule is Clc1ccc2c(CNCC3CCCS3)c[nH]c2c1. The molecule has 1 atom stereocenters. The molecule has 0 bridgehead atoms. The summed E-state index contributed by atoms with van der Waals surface area (Å²) in [6.45, 7) is 2.05. The standard InChI is InChI=1S/C14H17ClN2S/c15-11-3-4-13-10(8-17-14(13)6-11)7-16-9-12-2-1-5-18-12/h3-4,6,8,12,16-17H,1-2,5,7,9H2. The van der Waals surface area contributed by atoms with E-state index in [-0.39, 0.29) is 0 Å². The zero-order valence-electron chi connectivity index (χ0n) is 10.2. The summed E-state index contributed by atoms with van der Waals surface area (Å²) in [5, 5.41) is 6.43. The Morgan fingerprint density at radius 3 is 3.22 bits per heavy atom. The number of halogens is 1. The highest BCUT2D eigenvalue weighted by Crippen LogP contribution is 2.26. The minimum Gasteiger partial charge on any atom is -0.361 e. The van der Waals surface area contributed by atoms with Gasteiger partial charge in [0, 0.05) is 40.5 Å². The van der Waals surface area contributed by atoms with Gasteiger partial charge in [0.1, 0.15) is 0 Å². The van der Waals surface area contributed by atoms with E-state index in [0.29, 0.717) is 0 Å². The van der Waals surface area contributed by atoms with Gasteiger partial charge in [-0.3, -0.25) is 0 Å². The number of nitrogens with one attached hydrogen (secondary N) is 2. The summed E-state index contributed by atoms with van der Waals surface area (Å²) in [7, 11) is 0. The van der Waals surface area contributed by atoms with Gasteiger partial charge in [0.05, 0.1) is 0 Å². The topological polar surface area (TPSA) is 27.8 Å². The lowest BCUT2D eigenvalue weighted by Crippen LogP contribution is -2.22. The number of hydrogen-bond donors (Lipinski definition) is 2. The summed E-state index contributed by atoms with van der Waals surface area (Å²) < 4.78 is 0. The second kappa shape index (κ2) is 5.55. The van der Waals surface area contributed by atoms with Crippen LogP contribution < -0.4 is 5.32 Å². The van der Waals surface area contributed by atoms with Gasteiger partial charge in [0.15, 0.2) is 0 Å². The molecule has 2 heterocycles. The molecule has 1 aromatic carbocycles. The van der Waals surface area contributed by atoms with Crippen molar-refractivity contribution in [3.8, 4) is 0 Å². The summed E-state index contributed by atoms with van der Waals surface area (Å²) in [5.74, 6) is 1.33. The van der Waals surface area contributed by atoms with Crippen molar-refractivity contribution >= 4 is 34.3 Å². The normalized spacial score (nSPS) is 19.7. The average Bonchev–Trinajstić information content (AvgIpc) is 2.99. The molecule has 0 amide bonds. The van der Waals surface area contributed by atoms with Crippen molar-refractivity contribution in [2.45, 2.75) is 24.6 Å². The van der Waals surface area contributed by atoms with E-state index in [2.05, 4.69) is 34.3 Å². The van der Waals surface area contributed by atoms with Crippen LogP contribution in [0.5, 0.6) is 0 Å². The van der Waals surface area contributed by atoms with Crippen LogP contribution in [0.2, 0.25) is 5.02 Å². The van der Waals surface area contributed by atoms with Crippen LogP contribution in [-0.2, 0) is 6.54 Å². The number of benzene rings is 1. The van der Waals surface area contributed by atoms with Crippen molar-refractivity contribution in [3.05, 3.63) is 35.0 Å². The zero-order chi connectivity index (χ0) is 12.4. The summed E-state index contributed by atoms with van der Waals surface area (Å²) in [6.07, 6.45) is 4.82. The number of fused-ring (bicyclic) bond motifs is 1. The van der Waals surface area contributed by atoms with Crippen LogP contribution in [0.15, 0.2) is 24.4 Å². The minimum absolute atomic E-state index is 0.784. The van der Waals surface area contributed by atoms with Gasteiger partial charge in [-0.2, -0.15) is 11.8 Å². The Balaban J connectivity index is 1.63. The molecule has 4 heteroatoms. The molecule has 18 heavy (non-hydrogen) atoms. The zero-order valence-corrected chi connectivity index (χ0v) is 11.8. The first-order valence-electron chi connectivity index (χ1n) is 6.41. The molecular formula is C14H17ClN2S. The smallest absolute Gasteiger partial charge is 0.0472 e. The van der Waals surface area contributed by atoms with Crippen LogP contribution in [-0.4, -0.2) is 22.5 Å². The Morgan fingerprint density at radius 1 is 1.44 bits per heavy atom. The van der Waals surface area contributed by atoms with E-state index in [1.54, 1.807) is 0 Å². The van der Waals surface area contributed by atoms with E-state index in [1.807, 2.05) is 12.1 Å². The highest BCUT2D eigenvalue weighted by molar-refractivity contribution is 8.00. The minimum atomic E-state index is 0.784. The monoisotopic (exact) mass is 280 g/mol. The number of H-pyrrole nitrogens is 1. The third-order valence-electron chi connectivity index (χ3n) is 3.44. The summed E-state index contributed by atoms with van der Waals surface area (Å²) in [5.41, 5.74) is 2.44. The van der Waals surface area contributed by atoms with Gasteiger partial charge in [-0.15, -0.1) is 0 Å². The Labute approximate surface area is 116 Å². The highest BCUT2D eigenvalue weighted by atomic mass is 35.5. The number of aromatic amines is 1. The molecule has 1 saturated heterocycles. The molecule has 0 spiro atoms. The quantitative estimate of drug-likeness (QED) is 0.891. The summed E-state index contributed by atoms with van der Waals surface area (Å²) >= 11 is 8.08. The molecule has 0 radical (unpaired) electrons. The van der Waals surface area contributed by atoms with Crippen LogP contribution in [0.3, 0.4) is 0 Å². The maximum absolute atomic E-state index is 5.98. The van der Waals surface area contributed by atoms with Gasteiger partial charge in [0.2, 0.25) is 0 Å². The lowest BCUT2D eigenvalue weighted by molar-refractivity contribution is 0.647. The molecule has 2 nitrogen and oxygen atoms in total. The van der Waals surface area contributed by atoms with E-state index < -0.39 is 0 Å². The van der Waals surface area contributed by atoms with Gasteiger partial charge in [-0.05, 0) is 36.3 Å². The molecular weight excluding hydrogens is 264 g/mol. The van der Waals surface area contributed by atoms with Crippen molar-refractivity contribution in [1.29, 1.82) is 0 Å². The highest BCUT2D eigenvalue weighted by Gasteiger charge is 2.14. The van der Waals surface area contributed by atoms with Crippen molar-refractivity contribution < 1.29 is 0 Å². The molecule has 1 aliphatic heterocycles. The Morgan fingerprint density at radius 2 is 2.39 bits per heavy atom. The molecule has 1 aromatic heterocycles. The predicted octanol–water partition coefficient (Wildman–Crippen LogP) is 3.81. The first kappa shape index (κ1) is 12.4. The van der Waals surface area contributed by atoms with Crippen molar-refractivity contribution in [1.82, 2.24) is 10.3 Å². The third-order valence-corrected chi connectivity index (χ3v) is 5.07. The molecule has 0 saturated carbocycles. The molecule has 2 N–H and O–H groups in total. The number of rotatable bonds is 4. The second-order valence-electron chi connectivity index (χ2n) is 4.77. The average molecular weight is 281 g/mol. The van der Waals surface area contributed by atoms with Crippen LogP contribution in [0.1, 0.15) is 18.4 Å². The van der Waals surface area contributed by atoms with Gasteiger partial charge in [-0.25, -0.2) is 0 Å². The summed E-state index contributed by atoms with van der Waals surface area (Å²) in [4.78, 5) is 3.28. The van der Waals surface area contributed by atoms with Crippen LogP contribution in [0.25, 0.3) is 10.9 Å². The first-order chi connectivity index (χ1) is 8.83. The second-order valence-corrected chi connectivity index (χ2v) is 6.61. The Hall–Kier alpha value is -0.640. The van der Waals surface area contributed by atoms with Crippen LogP contribution >= 0.6 is 23.4 Å². The molecule has 3 rings (SSSR count). The van der Waals surface area contributed by atoms with Gasteiger partial charge >= 0.3 is 0 Å². The maximum atomic E-state index is 5.98. The van der Waals surface area contributed by atoms with E-state index in [4.69, 9.17) is 11.6 Å². The molecule has 0 aliphatic carbocycles. The Kier molecular flexibility index (Phi) is 3.83. The lowest BCUT2D eigenvalue weighted by atomic mass is 10.1. The van der Waals surface area contributed by atoms with Crippen molar-refractivity contribution in [2.75, 3.05) is 12.3 Å². The Bertz CT molecular complexity index is 532. The third kappa shape index (κ3) is 2.68. The van der Waals surface area contributed by atoms with Crippen LogP contribution in [0, 0.1) is 0 Å². The van der Waals surface area contributed by atoms with Gasteiger partial charge in [0.25, 0.3) is 0 Å². The first-order valence-corrected chi connectivity index (χ1v) is 7.83. The van der Waals surface area contributed by atoms with Crippen LogP contribution in [0.4, 0.5) is 0 Å². The van der Waals surface area contributed by atoms with Gasteiger partial charge < -0.3 is 10.3 Å². The molecule has 1 fully saturated rings. The fourth-order valence-corrected chi connectivity index (χ4v) is 3.89. The van der Waals surface area contributed by atoms with Crippen molar-refractivity contribution in [3.63, 3.8) is 0 Å². The fourth-order valence-electron chi connectivity index (χ4n) is 2.48. The molecule has 96 valence electrons. The summed E-state index contributed by atoms with van der Waals surface area (Å²) in [6, 6.07) is 6.02. The molecule has 1 unspecified atom stereocenters. The molecule has 2 aromatic rings. The maximum Gasteiger partial charge on any atom is 0.0472 e.